The lowest BCUT2D eigenvalue weighted by Crippen LogP contribution is -2.28. The molecule has 1 aromatic heterocycles. The molecule has 5 heteroatoms. The minimum atomic E-state index is -0.341. The van der Waals surface area contributed by atoms with E-state index in [0.29, 0.717) is 18.5 Å². The summed E-state index contributed by atoms with van der Waals surface area (Å²) in [4.78, 5) is 24.7. The number of esters is 1. The van der Waals surface area contributed by atoms with Crippen LogP contribution in [0.2, 0.25) is 0 Å². The molecule has 0 saturated carbocycles. The van der Waals surface area contributed by atoms with Crippen LogP contribution in [0.4, 0.5) is 0 Å². The van der Waals surface area contributed by atoms with E-state index in [9.17, 15) is 9.59 Å². The second-order valence-electron chi connectivity index (χ2n) is 8.17. The van der Waals surface area contributed by atoms with Gasteiger partial charge in [-0.2, -0.15) is 0 Å². The summed E-state index contributed by atoms with van der Waals surface area (Å²) in [6.45, 7) is 4.94. The van der Waals surface area contributed by atoms with Gasteiger partial charge in [0.2, 0.25) is 0 Å². The van der Waals surface area contributed by atoms with E-state index in [1.807, 2.05) is 24.3 Å². The Morgan fingerprint density at radius 2 is 1.86 bits per heavy atom. The second-order valence-corrected chi connectivity index (χ2v) is 9.03. The quantitative estimate of drug-likeness (QED) is 0.513. The van der Waals surface area contributed by atoms with Gasteiger partial charge in [0.1, 0.15) is 0 Å². The first-order chi connectivity index (χ1) is 13.3. The van der Waals surface area contributed by atoms with E-state index in [2.05, 4.69) is 40.4 Å². The maximum Gasteiger partial charge on any atom is 0.337 e. The van der Waals surface area contributed by atoms with Gasteiger partial charge in [-0.1, -0.05) is 48.0 Å². The summed E-state index contributed by atoms with van der Waals surface area (Å²) in [7, 11) is 1.38. The monoisotopic (exact) mass is 439 g/mol. The van der Waals surface area contributed by atoms with Crippen LogP contribution in [0, 0.1) is 5.41 Å². The number of aromatic nitrogens is 1. The number of hydrogen-bond donors (Lipinski definition) is 0. The highest BCUT2D eigenvalue weighted by molar-refractivity contribution is 9.10. The summed E-state index contributed by atoms with van der Waals surface area (Å²) in [5.41, 5.74) is 4.56. The first kappa shape index (κ1) is 18.9. The summed E-state index contributed by atoms with van der Waals surface area (Å²) >= 11 is 3.65. The smallest absolute Gasteiger partial charge is 0.337 e. The Morgan fingerprint density at radius 1 is 1.14 bits per heavy atom. The van der Waals surface area contributed by atoms with E-state index >= 15 is 0 Å². The zero-order chi connectivity index (χ0) is 20.1. The number of ether oxygens (including phenoxy) is 1. The van der Waals surface area contributed by atoms with Gasteiger partial charge in [0.05, 0.1) is 18.2 Å². The van der Waals surface area contributed by atoms with Crippen LogP contribution in [0.25, 0.3) is 10.9 Å². The van der Waals surface area contributed by atoms with E-state index in [1.54, 1.807) is 12.1 Å². The topological polar surface area (TPSA) is 48.3 Å². The Morgan fingerprint density at radius 3 is 2.54 bits per heavy atom. The molecule has 4 nitrogen and oxygen atoms in total. The van der Waals surface area contributed by atoms with Gasteiger partial charge in [-0.3, -0.25) is 4.79 Å². The SMILES string of the molecule is COC(=O)c1ccc(Cn2c3c(c4c(Br)cccc42)C(=O)CC(C)(C)C3)cc1. The Hall–Kier alpha value is -2.40. The third kappa shape index (κ3) is 3.18. The van der Waals surface area contributed by atoms with Crippen LogP contribution < -0.4 is 0 Å². The number of fused-ring (bicyclic) bond motifs is 3. The molecule has 0 atom stereocenters. The predicted octanol–water partition coefficient (Wildman–Crippen LogP) is 5.39. The lowest BCUT2D eigenvalue weighted by Gasteiger charge is -2.30. The van der Waals surface area contributed by atoms with Gasteiger partial charge in [0.25, 0.3) is 0 Å². The summed E-state index contributed by atoms with van der Waals surface area (Å²) in [6.07, 6.45) is 1.42. The van der Waals surface area contributed by atoms with Crippen LogP contribution in [0.1, 0.15) is 52.2 Å². The molecule has 4 rings (SSSR count). The normalized spacial score (nSPS) is 15.5. The lowest BCUT2D eigenvalue weighted by molar-refractivity contribution is 0.0600. The first-order valence-electron chi connectivity index (χ1n) is 9.31. The molecule has 1 aliphatic carbocycles. The predicted molar refractivity (Wildman–Crippen MR) is 113 cm³/mol. The van der Waals surface area contributed by atoms with E-state index in [1.165, 1.54) is 7.11 Å². The number of benzene rings is 2. The molecular formula is C23H22BrNO3. The number of hydrogen-bond acceptors (Lipinski definition) is 3. The third-order valence-electron chi connectivity index (χ3n) is 5.43. The molecule has 28 heavy (non-hydrogen) atoms. The highest BCUT2D eigenvalue weighted by Crippen LogP contribution is 2.42. The largest absolute Gasteiger partial charge is 0.465 e. The summed E-state index contributed by atoms with van der Waals surface area (Å²) in [5.74, 6) is -0.130. The van der Waals surface area contributed by atoms with E-state index in [4.69, 9.17) is 4.74 Å². The Bertz CT molecular complexity index is 1090. The summed E-state index contributed by atoms with van der Waals surface area (Å²) < 4.78 is 7.98. The van der Waals surface area contributed by atoms with Crippen molar-refractivity contribution in [3.05, 3.63) is 69.3 Å². The highest BCUT2D eigenvalue weighted by atomic mass is 79.9. The highest BCUT2D eigenvalue weighted by Gasteiger charge is 2.36. The first-order valence-corrected chi connectivity index (χ1v) is 10.1. The van der Waals surface area contributed by atoms with Crippen molar-refractivity contribution >= 4 is 38.6 Å². The van der Waals surface area contributed by atoms with Crippen LogP contribution >= 0.6 is 15.9 Å². The van der Waals surface area contributed by atoms with Crippen molar-refractivity contribution in [2.24, 2.45) is 5.41 Å². The standard InChI is InChI=1S/C23H22BrNO3/c1-23(2)11-18-21(19(26)12-23)20-16(24)5-4-6-17(20)25(18)13-14-7-9-15(10-8-14)22(27)28-3/h4-10H,11-13H2,1-3H3. The van der Waals surface area contributed by atoms with Crippen LogP contribution in [-0.4, -0.2) is 23.4 Å². The van der Waals surface area contributed by atoms with Crippen LogP contribution in [0.15, 0.2) is 46.9 Å². The fourth-order valence-electron chi connectivity index (χ4n) is 4.16. The average Bonchev–Trinajstić information content (AvgIpc) is 2.96. The van der Waals surface area contributed by atoms with Crippen LogP contribution in [-0.2, 0) is 17.7 Å². The number of rotatable bonds is 3. The number of halogens is 1. The summed E-state index contributed by atoms with van der Waals surface area (Å²) in [5, 5.41) is 1.00. The molecule has 3 aromatic rings. The molecule has 2 aromatic carbocycles. The van der Waals surface area contributed by atoms with Gasteiger partial charge in [0, 0.05) is 34.1 Å². The molecule has 0 amide bonds. The van der Waals surface area contributed by atoms with Crippen molar-refractivity contribution in [2.45, 2.75) is 33.2 Å². The molecule has 0 spiro atoms. The number of carbonyl (C=O) groups is 2. The van der Waals surface area contributed by atoms with Crippen LogP contribution in [0.5, 0.6) is 0 Å². The van der Waals surface area contributed by atoms with Gasteiger partial charge in [-0.05, 0) is 41.7 Å². The van der Waals surface area contributed by atoms with Gasteiger partial charge in [-0.25, -0.2) is 4.79 Å². The molecule has 0 bridgehead atoms. The van der Waals surface area contributed by atoms with Gasteiger partial charge in [0.15, 0.2) is 5.78 Å². The molecule has 1 heterocycles. The van der Waals surface area contributed by atoms with Crippen molar-refractivity contribution in [3.63, 3.8) is 0 Å². The zero-order valence-electron chi connectivity index (χ0n) is 16.2. The molecular weight excluding hydrogens is 418 g/mol. The average molecular weight is 440 g/mol. The van der Waals surface area contributed by atoms with Gasteiger partial charge < -0.3 is 9.30 Å². The lowest BCUT2D eigenvalue weighted by atomic mass is 9.75. The molecule has 0 fully saturated rings. The van der Waals surface area contributed by atoms with Crippen LogP contribution in [0.3, 0.4) is 0 Å². The fourth-order valence-corrected chi connectivity index (χ4v) is 4.71. The van der Waals surface area contributed by atoms with E-state index < -0.39 is 0 Å². The fraction of sp³-hybridized carbons (Fsp3) is 0.304. The van der Waals surface area contributed by atoms with Crippen molar-refractivity contribution in [2.75, 3.05) is 7.11 Å². The molecule has 0 aliphatic heterocycles. The number of ketones is 1. The number of nitrogens with zero attached hydrogens (tertiary/aromatic N) is 1. The molecule has 1 aliphatic rings. The maximum absolute atomic E-state index is 13.0. The number of Topliss-reactive ketones (excluding diaryl/α,β-unsaturated/α-hetero) is 1. The van der Waals surface area contributed by atoms with Crippen molar-refractivity contribution < 1.29 is 14.3 Å². The van der Waals surface area contributed by atoms with Crippen molar-refractivity contribution in [1.82, 2.24) is 4.57 Å². The van der Waals surface area contributed by atoms with E-state index in [-0.39, 0.29) is 17.2 Å². The Labute approximate surface area is 172 Å². The number of carbonyl (C=O) groups excluding carboxylic acids is 2. The maximum atomic E-state index is 13.0. The third-order valence-corrected chi connectivity index (χ3v) is 6.09. The number of methoxy groups -OCH3 is 1. The Kier molecular flexibility index (Phi) is 4.66. The second kappa shape index (κ2) is 6.89. The molecule has 0 unspecified atom stereocenters. The minimum Gasteiger partial charge on any atom is -0.465 e. The Balaban J connectivity index is 1.84. The minimum absolute atomic E-state index is 0.0581. The molecule has 0 N–H and O–H groups in total. The molecule has 144 valence electrons. The zero-order valence-corrected chi connectivity index (χ0v) is 17.8. The van der Waals surface area contributed by atoms with Gasteiger partial charge >= 0.3 is 5.97 Å². The molecule has 0 radical (unpaired) electrons. The van der Waals surface area contributed by atoms with Crippen molar-refractivity contribution in [3.8, 4) is 0 Å². The molecule has 0 saturated heterocycles. The van der Waals surface area contributed by atoms with E-state index in [0.717, 1.165) is 38.6 Å². The summed E-state index contributed by atoms with van der Waals surface area (Å²) in [6, 6.07) is 13.5. The van der Waals surface area contributed by atoms with Crippen molar-refractivity contribution in [1.29, 1.82) is 0 Å². The van der Waals surface area contributed by atoms with Gasteiger partial charge in [-0.15, -0.1) is 0 Å².